The Morgan fingerprint density at radius 1 is 0.776 bits per heavy atom. The summed E-state index contributed by atoms with van der Waals surface area (Å²) in [6.45, 7) is 3.51. The molecule has 26 nitrogen and oxygen atoms in total. The van der Waals surface area contributed by atoms with Crippen molar-refractivity contribution in [2.45, 2.75) is 73.7 Å². The van der Waals surface area contributed by atoms with Crippen molar-refractivity contribution < 1.29 is 96.1 Å². The van der Waals surface area contributed by atoms with E-state index in [2.05, 4.69) is 25.5 Å². The number of sulfonamides is 1. The van der Waals surface area contributed by atoms with E-state index in [1.807, 2.05) is 18.2 Å². The number of methoxy groups -OCH3 is 1. The third-order valence-electron chi connectivity index (χ3n) is 14.3. The van der Waals surface area contributed by atoms with Gasteiger partial charge in [-0.1, -0.05) is 42.5 Å². The van der Waals surface area contributed by atoms with Crippen LogP contribution in [-0.2, 0) is 59.1 Å². The molecular weight excluding hydrogens is 1130 g/mol. The molecular formula is C58H70N6O20S. The predicted molar refractivity (Wildman–Crippen MR) is 303 cm³/mol. The summed E-state index contributed by atoms with van der Waals surface area (Å²) in [7, 11) is -2.54. The Morgan fingerprint density at radius 2 is 1.41 bits per heavy atom. The molecule has 10 N–H and O–H groups in total. The first-order valence-electron chi connectivity index (χ1n) is 27.5. The summed E-state index contributed by atoms with van der Waals surface area (Å²) in [4.78, 5) is 41.0. The molecule has 3 aliphatic rings. The second kappa shape index (κ2) is 29.9. The van der Waals surface area contributed by atoms with E-state index in [1.165, 1.54) is 43.5 Å². The molecule has 1 heterocycles. The van der Waals surface area contributed by atoms with Crippen molar-refractivity contribution in [1.82, 2.24) is 10.1 Å². The van der Waals surface area contributed by atoms with Gasteiger partial charge in [-0.15, -0.1) is 5.11 Å². The minimum Gasteiger partial charge on any atom is -0.507 e. The van der Waals surface area contributed by atoms with Gasteiger partial charge in [0.05, 0.1) is 151 Å². The highest BCUT2D eigenvalue weighted by molar-refractivity contribution is 7.89. The summed E-state index contributed by atoms with van der Waals surface area (Å²) in [6.07, 6.45) is -5.60. The Hall–Kier alpha value is -6.93. The number of phenols is 3. The van der Waals surface area contributed by atoms with Crippen molar-refractivity contribution in [2.24, 2.45) is 21.1 Å². The summed E-state index contributed by atoms with van der Waals surface area (Å²) >= 11 is 0. The van der Waals surface area contributed by atoms with Crippen LogP contribution in [0.25, 0.3) is 10.8 Å². The first-order valence-corrected chi connectivity index (χ1v) is 28.9. The van der Waals surface area contributed by atoms with E-state index in [1.54, 1.807) is 31.2 Å². The zero-order valence-corrected chi connectivity index (χ0v) is 47.7. The van der Waals surface area contributed by atoms with Crippen molar-refractivity contribution in [1.29, 1.82) is 0 Å². The second-order valence-corrected chi connectivity index (χ2v) is 21.8. The number of carbonyl (C=O) groups is 3. The summed E-state index contributed by atoms with van der Waals surface area (Å²) < 4.78 is 79.1. The molecule has 1 fully saturated rings. The normalized spacial score (nSPS) is 20.6. The third kappa shape index (κ3) is 15.7. The molecule has 5 aromatic rings. The summed E-state index contributed by atoms with van der Waals surface area (Å²) in [6, 6.07) is 20.1. The van der Waals surface area contributed by atoms with Gasteiger partial charge in [0.2, 0.25) is 21.7 Å². The van der Waals surface area contributed by atoms with Crippen LogP contribution in [0.5, 0.6) is 23.0 Å². The average Bonchev–Trinajstić information content (AvgIpc) is 0.812. The molecule has 6 atom stereocenters. The van der Waals surface area contributed by atoms with E-state index in [-0.39, 0.29) is 116 Å². The first kappa shape index (κ1) is 64.1. The van der Waals surface area contributed by atoms with Gasteiger partial charge in [-0.05, 0) is 48.7 Å². The number of carbonyl (C=O) groups excluding carboxylic acids is 3. The van der Waals surface area contributed by atoms with Gasteiger partial charge in [-0.25, -0.2) is 18.6 Å². The molecule has 1 unspecified atom stereocenters. The van der Waals surface area contributed by atoms with Crippen LogP contribution in [0.2, 0.25) is 0 Å². The van der Waals surface area contributed by atoms with Gasteiger partial charge in [0.1, 0.15) is 34.3 Å². The number of hydrogen-bond acceptors (Lipinski definition) is 24. The fourth-order valence-electron chi connectivity index (χ4n) is 9.94. The van der Waals surface area contributed by atoms with Gasteiger partial charge in [0.15, 0.2) is 12.1 Å². The lowest BCUT2D eigenvalue weighted by molar-refractivity contribution is -0.245. The molecule has 5 aromatic carbocycles. The molecule has 1 aliphatic heterocycles. The molecule has 27 heteroatoms. The van der Waals surface area contributed by atoms with E-state index in [0.29, 0.717) is 49.5 Å². The predicted octanol–water partition coefficient (Wildman–Crippen LogP) is 3.65. The molecule has 0 aromatic heterocycles. The van der Waals surface area contributed by atoms with E-state index in [0.717, 1.165) is 0 Å². The van der Waals surface area contributed by atoms with Crippen LogP contribution in [-0.4, -0.2) is 192 Å². The van der Waals surface area contributed by atoms with Gasteiger partial charge in [0.25, 0.3) is 0 Å². The number of aromatic hydroxyl groups is 3. The Bertz CT molecular complexity index is 3320. The summed E-state index contributed by atoms with van der Waals surface area (Å²) in [5.74, 6) is -3.68. The molecule has 2 aliphatic carbocycles. The standard InChI is InChI=1S/C58H70N6O20S/c1-34-53(68)41(59)30-47(83-34)84-44-32-58(73,31-40-49(44)57(72)51-50(55(40)70)54(69)39-9-6-10-43(76-2)48(39)56(51)71)45(33-65)62-63-46(67)15-17-77-19-21-79-23-25-81-27-28-82-26-24-80-22-20-78-18-16-60-85(74,75)37-12-13-38-35(29-37)11-14-42(66)52(38)64-61-36-7-4-3-5-8-36/h3-14,29,34,41,44,47,53,60,65-66,68,70,72-73H,15-28,30-33,59H2,1-2H3,(H,63,67)/b62-45-,64-61?/t34?,41-,44+,47+,53-,58-/m1/s1. The number of hydrazone groups is 1. The third-order valence-corrected chi connectivity index (χ3v) is 15.7. The zero-order valence-electron chi connectivity index (χ0n) is 46.8. The molecule has 1 amide bonds. The highest BCUT2D eigenvalue weighted by atomic mass is 32.2. The molecule has 0 saturated carbocycles. The van der Waals surface area contributed by atoms with Crippen LogP contribution in [0.3, 0.4) is 0 Å². The number of hydrogen-bond donors (Lipinski definition) is 9. The number of azo groups is 1. The molecule has 0 bridgehead atoms. The van der Waals surface area contributed by atoms with E-state index < -0.39 is 106 Å². The lowest BCUT2D eigenvalue weighted by atomic mass is 9.71. The number of rotatable bonds is 31. The van der Waals surface area contributed by atoms with Gasteiger partial charge in [-0.3, -0.25) is 14.4 Å². The number of aliphatic hydroxyl groups excluding tert-OH is 2. The molecule has 0 radical (unpaired) electrons. The second-order valence-electron chi connectivity index (χ2n) is 20.0. The number of amides is 1. The van der Waals surface area contributed by atoms with Crippen molar-refractivity contribution >= 4 is 55.4 Å². The van der Waals surface area contributed by atoms with Crippen LogP contribution in [0.15, 0.2) is 99.1 Å². The van der Waals surface area contributed by atoms with E-state index in [9.17, 15) is 53.4 Å². The number of nitrogens with one attached hydrogen (secondary N) is 2. The Morgan fingerprint density at radius 3 is 2.05 bits per heavy atom. The zero-order chi connectivity index (χ0) is 60.7. The van der Waals surface area contributed by atoms with Gasteiger partial charge >= 0.3 is 0 Å². The minimum atomic E-state index is -3.85. The topological polar surface area (TPSA) is 377 Å². The Balaban J connectivity index is 0.683. The first-order chi connectivity index (χ1) is 41.0. The monoisotopic (exact) mass is 1200 g/mol. The molecule has 458 valence electrons. The van der Waals surface area contributed by atoms with Crippen LogP contribution in [0.1, 0.15) is 75.3 Å². The van der Waals surface area contributed by atoms with Crippen LogP contribution >= 0.6 is 0 Å². The quantitative estimate of drug-likeness (QED) is 0.00986. The smallest absolute Gasteiger partial charge is 0.242 e. The van der Waals surface area contributed by atoms with Crippen molar-refractivity contribution in [3.8, 4) is 23.0 Å². The van der Waals surface area contributed by atoms with Crippen molar-refractivity contribution in [3.05, 3.63) is 112 Å². The molecule has 1 saturated heterocycles. The molecule has 0 spiro atoms. The summed E-state index contributed by atoms with van der Waals surface area (Å²) in [5, 5.41) is 80.9. The number of benzene rings is 5. The van der Waals surface area contributed by atoms with Crippen LogP contribution < -0.4 is 20.6 Å². The maximum Gasteiger partial charge on any atom is 0.242 e. The number of fused-ring (bicyclic) bond motifs is 4. The Labute approximate surface area is 489 Å². The Kier molecular flexibility index (Phi) is 22.6. The van der Waals surface area contributed by atoms with Gasteiger partial charge in [0, 0.05) is 53.9 Å². The van der Waals surface area contributed by atoms with Crippen LogP contribution in [0, 0.1) is 0 Å². The number of ketones is 2. The fraction of sp³-hybridized carbons (Fsp3) is 0.448. The highest BCUT2D eigenvalue weighted by Gasteiger charge is 2.50. The van der Waals surface area contributed by atoms with Crippen molar-refractivity contribution in [3.63, 3.8) is 0 Å². The van der Waals surface area contributed by atoms with Crippen LogP contribution in [0.4, 0.5) is 11.4 Å². The SMILES string of the molecule is COc1cccc2c1C(=O)c1c(O)c3c(c(O)c1C2=O)C[C@](O)(/C(CO)=N\NC(=O)CCOCCOCCOCCOCCOCCOCCNS(=O)(=O)c1ccc2c(N=Nc4ccccc4)c(O)ccc2c1)C[C@@H]3O[C@H]1C[C@@H](N)[C@H](O)C(C)O1. The minimum absolute atomic E-state index is 0.0342. The lowest BCUT2D eigenvalue weighted by Crippen LogP contribution is -2.53. The summed E-state index contributed by atoms with van der Waals surface area (Å²) in [5.41, 5.74) is 5.20. The number of phenolic OH excluding ortho intramolecular Hbond substituents is 3. The molecule has 8 rings (SSSR count). The molecule has 85 heavy (non-hydrogen) atoms. The number of nitrogens with two attached hydrogens (primary N) is 1. The fourth-order valence-corrected chi connectivity index (χ4v) is 11.0. The maximum atomic E-state index is 14.1. The number of ether oxygens (including phenoxy) is 9. The number of nitrogens with zero attached hydrogens (tertiary/aromatic N) is 3. The average molecular weight is 1200 g/mol. The lowest BCUT2D eigenvalue weighted by Gasteiger charge is -2.43. The maximum absolute atomic E-state index is 14.1. The van der Waals surface area contributed by atoms with Crippen molar-refractivity contribution in [2.75, 3.05) is 99.5 Å². The highest BCUT2D eigenvalue weighted by Crippen LogP contribution is 2.53. The van der Waals surface area contributed by atoms with E-state index in [4.69, 9.17) is 48.4 Å². The largest absolute Gasteiger partial charge is 0.507 e. The number of aliphatic hydroxyl groups is 3. The van der Waals surface area contributed by atoms with E-state index >= 15 is 0 Å². The van der Waals surface area contributed by atoms with Gasteiger partial charge < -0.3 is 79.0 Å². The van der Waals surface area contributed by atoms with Gasteiger partial charge in [-0.2, -0.15) is 10.2 Å².